The van der Waals surface area contributed by atoms with Crippen molar-refractivity contribution in [3.8, 4) is 0 Å². The van der Waals surface area contributed by atoms with E-state index in [1.54, 1.807) is 11.1 Å². The molecule has 0 radical (unpaired) electrons. The largest absolute Gasteiger partial charge is 1.00 e. The number of aryl methyl sites for hydroxylation is 2. The Labute approximate surface area is 202 Å². The maximum atomic E-state index is 2.37. The Morgan fingerprint density at radius 1 is 0.520 bits per heavy atom. The molecule has 1 aromatic rings. The van der Waals surface area contributed by atoms with E-state index in [1.165, 1.54) is 103 Å². The van der Waals surface area contributed by atoms with E-state index in [2.05, 4.69) is 38.1 Å². The third-order valence-electron chi connectivity index (χ3n) is 5.22. The standard InChI is InChI=1S/C24H42.K.H/c1-3-5-7-9-11-12-14-16-20-24-22-18-17-21-23(24)19-15-13-10-8-6-4-2;;/h17-18,21-22H,3-16,19-20H2,1-2H3;;/q;+1;-1. The van der Waals surface area contributed by atoms with Crippen LogP contribution < -0.4 is 51.4 Å². The fourth-order valence-corrected chi connectivity index (χ4v) is 3.59. The Hall–Kier alpha value is 0.856. The van der Waals surface area contributed by atoms with E-state index in [4.69, 9.17) is 0 Å². The van der Waals surface area contributed by atoms with Crippen LogP contribution in [-0.4, -0.2) is 0 Å². The molecule has 1 aromatic carbocycles. The van der Waals surface area contributed by atoms with Crippen LogP contribution >= 0.6 is 0 Å². The summed E-state index contributed by atoms with van der Waals surface area (Å²) in [6.07, 6.45) is 22.3. The van der Waals surface area contributed by atoms with Crippen LogP contribution in [0.2, 0.25) is 0 Å². The molecule has 25 heavy (non-hydrogen) atoms. The molecule has 0 heterocycles. The first-order valence-electron chi connectivity index (χ1n) is 10.9. The molecule has 0 bridgehead atoms. The van der Waals surface area contributed by atoms with Crippen molar-refractivity contribution >= 4 is 0 Å². The molecule has 0 aromatic heterocycles. The maximum absolute atomic E-state index is 2.37. The van der Waals surface area contributed by atoms with Gasteiger partial charge in [-0.25, -0.2) is 0 Å². The van der Waals surface area contributed by atoms with Crippen molar-refractivity contribution in [3.63, 3.8) is 0 Å². The van der Waals surface area contributed by atoms with Crippen LogP contribution in [0.3, 0.4) is 0 Å². The van der Waals surface area contributed by atoms with Crippen LogP contribution in [0.5, 0.6) is 0 Å². The third kappa shape index (κ3) is 14.6. The molecular weight excluding hydrogens is 327 g/mol. The number of hydrogen-bond acceptors (Lipinski definition) is 0. The summed E-state index contributed by atoms with van der Waals surface area (Å²) in [4.78, 5) is 0. The molecule has 1 rings (SSSR count). The summed E-state index contributed by atoms with van der Waals surface area (Å²) < 4.78 is 0. The van der Waals surface area contributed by atoms with Gasteiger partial charge in [0.1, 0.15) is 0 Å². The van der Waals surface area contributed by atoms with Gasteiger partial charge < -0.3 is 1.43 Å². The molecule has 0 unspecified atom stereocenters. The van der Waals surface area contributed by atoms with Crippen LogP contribution in [0.25, 0.3) is 0 Å². The van der Waals surface area contributed by atoms with Gasteiger partial charge in [0.25, 0.3) is 0 Å². The van der Waals surface area contributed by atoms with Gasteiger partial charge in [-0.05, 0) is 36.8 Å². The molecule has 0 saturated heterocycles. The zero-order valence-corrected chi connectivity index (χ0v) is 20.7. The van der Waals surface area contributed by atoms with Crippen molar-refractivity contribution < 1.29 is 52.8 Å². The molecule has 0 spiro atoms. The first-order chi connectivity index (χ1) is 11.9. The average Bonchev–Trinajstić information content (AvgIpc) is 2.61. The van der Waals surface area contributed by atoms with E-state index in [1.807, 2.05) is 0 Å². The van der Waals surface area contributed by atoms with Crippen molar-refractivity contribution in [2.75, 3.05) is 0 Å². The van der Waals surface area contributed by atoms with Gasteiger partial charge in [-0.1, -0.05) is 115 Å². The van der Waals surface area contributed by atoms with Gasteiger partial charge in [-0.3, -0.25) is 0 Å². The van der Waals surface area contributed by atoms with E-state index in [-0.39, 0.29) is 52.8 Å². The summed E-state index contributed by atoms with van der Waals surface area (Å²) in [6.45, 7) is 4.59. The fourth-order valence-electron chi connectivity index (χ4n) is 3.59. The Morgan fingerprint density at radius 3 is 1.20 bits per heavy atom. The van der Waals surface area contributed by atoms with Gasteiger partial charge in [-0.2, -0.15) is 0 Å². The summed E-state index contributed by atoms with van der Waals surface area (Å²) >= 11 is 0. The Kier molecular flexibility index (Phi) is 20.3. The molecule has 1 heteroatoms. The second-order valence-corrected chi connectivity index (χ2v) is 7.51. The Bertz CT molecular complexity index is 392. The SMILES string of the molecule is CCCCCCCCCCc1ccccc1CCCCCCCC.[H-].[K+]. The third-order valence-corrected chi connectivity index (χ3v) is 5.22. The first-order valence-corrected chi connectivity index (χ1v) is 10.9. The average molecular weight is 371 g/mol. The van der Waals surface area contributed by atoms with Crippen LogP contribution in [0.4, 0.5) is 0 Å². The summed E-state index contributed by atoms with van der Waals surface area (Å²) in [7, 11) is 0. The van der Waals surface area contributed by atoms with E-state index in [9.17, 15) is 0 Å². The minimum absolute atomic E-state index is 0. The normalized spacial score (nSPS) is 10.6. The molecule has 0 saturated carbocycles. The minimum atomic E-state index is 0. The second-order valence-electron chi connectivity index (χ2n) is 7.51. The first kappa shape index (κ1) is 25.9. The number of unbranched alkanes of at least 4 members (excludes halogenated alkanes) is 12. The van der Waals surface area contributed by atoms with Gasteiger partial charge in [0.05, 0.1) is 0 Å². The van der Waals surface area contributed by atoms with Crippen LogP contribution in [-0.2, 0) is 12.8 Å². The molecule has 0 N–H and O–H groups in total. The van der Waals surface area contributed by atoms with Gasteiger partial charge >= 0.3 is 51.4 Å². The molecule has 0 atom stereocenters. The molecule has 0 aliphatic carbocycles. The number of hydrogen-bond donors (Lipinski definition) is 0. The fraction of sp³-hybridized carbons (Fsp3) is 0.750. The van der Waals surface area contributed by atoms with Crippen LogP contribution in [0, 0.1) is 0 Å². The molecule has 0 aliphatic rings. The minimum Gasteiger partial charge on any atom is -1.00 e. The summed E-state index contributed by atoms with van der Waals surface area (Å²) in [5.74, 6) is 0. The maximum Gasteiger partial charge on any atom is 1.00 e. The van der Waals surface area contributed by atoms with E-state index >= 15 is 0 Å². The smallest absolute Gasteiger partial charge is 1.00 e. The summed E-state index contributed by atoms with van der Waals surface area (Å²) in [6, 6.07) is 9.19. The summed E-state index contributed by atoms with van der Waals surface area (Å²) in [5.41, 5.74) is 3.24. The monoisotopic (exact) mass is 370 g/mol. The molecule has 0 amide bonds. The van der Waals surface area contributed by atoms with Gasteiger partial charge in [0, 0.05) is 0 Å². The number of rotatable bonds is 16. The van der Waals surface area contributed by atoms with Crippen molar-refractivity contribution in [1.82, 2.24) is 0 Å². The predicted octanol–water partition coefficient (Wildman–Crippen LogP) is 5.39. The molecule has 0 aliphatic heterocycles. The van der Waals surface area contributed by atoms with E-state index in [0.29, 0.717) is 0 Å². The van der Waals surface area contributed by atoms with Crippen molar-refractivity contribution in [2.45, 2.75) is 117 Å². The summed E-state index contributed by atoms with van der Waals surface area (Å²) in [5, 5.41) is 0. The quantitative estimate of drug-likeness (QED) is 0.270. The predicted molar refractivity (Wildman–Crippen MR) is 111 cm³/mol. The van der Waals surface area contributed by atoms with Crippen molar-refractivity contribution in [3.05, 3.63) is 35.4 Å². The zero-order valence-electron chi connectivity index (χ0n) is 18.6. The van der Waals surface area contributed by atoms with Gasteiger partial charge in [0.15, 0.2) is 0 Å². The van der Waals surface area contributed by atoms with Crippen molar-refractivity contribution in [1.29, 1.82) is 0 Å². The topological polar surface area (TPSA) is 0 Å². The van der Waals surface area contributed by atoms with Crippen LogP contribution in [0.1, 0.15) is 116 Å². The van der Waals surface area contributed by atoms with E-state index < -0.39 is 0 Å². The molecule has 0 fully saturated rings. The van der Waals surface area contributed by atoms with E-state index in [0.717, 1.165) is 0 Å². The van der Waals surface area contributed by atoms with Crippen LogP contribution in [0.15, 0.2) is 24.3 Å². The molecule has 140 valence electrons. The van der Waals surface area contributed by atoms with Crippen molar-refractivity contribution in [2.24, 2.45) is 0 Å². The number of benzene rings is 1. The second kappa shape index (κ2) is 19.6. The molecule has 0 nitrogen and oxygen atoms in total. The Morgan fingerprint density at radius 2 is 0.840 bits per heavy atom. The van der Waals surface area contributed by atoms with Gasteiger partial charge in [0.2, 0.25) is 0 Å². The Balaban J connectivity index is 0. The molecular formula is C24H43K. The van der Waals surface area contributed by atoms with Gasteiger partial charge in [-0.15, -0.1) is 0 Å². The zero-order chi connectivity index (χ0) is 17.3.